The zero-order chi connectivity index (χ0) is 15.8. The first-order chi connectivity index (χ1) is 10.7. The lowest BCUT2D eigenvalue weighted by molar-refractivity contribution is -0.123. The number of anilines is 1. The van der Waals surface area contributed by atoms with Crippen molar-refractivity contribution in [2.45, 2.75) is 19.8 Å². The summed E-state index contributed by atoms with van der Waals surface area (Å²) in [6.45, 7) is 4.95. The minimum Gasteiger partial charge on any atom is -0.484 e. The van der Waals surface area contributed by atoms with E-state index in [4.69, 9.17) is 4.74 Å². The van der Waals surface area contributed by atoms with Crippen molar-refractivity contribution >= 4 is 17.5 Å². The molecule has 6 heteroatoms. The van der Waals surface area contributed by atoms with Crippen LogP contribution < -0.4 is 20.3 Å². The van der Waals surface area contributed by atoms with E-state index in [9.17, 15) is 9.59 Å². The quantitative estimate of drug-likeness (QED) is 0.701. The first-order valence-corrected chi connectivity index (χ1v) is 7.71. The Labute approximate surface area is 130 Å². The zero-order valence-electron chi connectivity index (χ0n) is 12.9. The highest BCUT2D eigenvalue weighted by molar-refractivity contribution is 5.95. The molecule has 1 aliphatic rings. The molecule has 1 heterocycles. The third kappa shape index (κ3) is 4.73. The summed E-state index contributed by atoms with van der Waals surface area (Å²) >= 11 is 0. The van der Waals surface area contributed by atoms with E-state index < -0.39 is 0 Å². The number of nitrogens with one attached hydrogen (secondary N) is 2. The minimum atomic E-state index is -0.152. The minimum absolute atomic E-state index is 0.0243. The second-order valence-corrected chi connectivity index (χ2v) is 5.14. The summed E-state index contributed by atoms with van der Waals surface area (Å²) in [6.07, 6.45) is 1.48. The highest BCUT2D eigenvalue weighted by Crippen LogP contribution is 2.25. The molecule has 0 saturated carbocycles. The van der Waals surface area contributed by atoms with E-state index in [1.165, 1.54) is 0 Å². The molecular formula is C16H23N3O3. The largest absolute Gasteiger partial charge is 0.484 e. The van der Waals surface area contributed by atoms with Crippen molar-refractivity contribution in [3.8, 4) is 5.75 Å². The van der Waals surface area contributed by atoms with Gasteiger partial charge in [-0.3, -0.25) is 9.59 Å². The molecule has 0 radical (unpaired) electrons. The lowest BCUT2D eigenvalue weighted by Crippen LogP contribution is -2.34. The van der Waals surface area contributed by atoms with Gasteiger partial charge < -0.3 is 20.3 Å². The van der Waals surface area contributed by atoms with Gasteiger partial charge in [0.05, 0.1) is 0 Å². The average Bonchev–Trinajstić information content (AvgIpc) is 2.96. The van der Waals surface area contributed by atoms with E-state index in [0.29, 0.717) is 18.7 Å². The van der Waals surface area contributed by atoms with Gasteiger partial charge in [-0.15, -0.1) is 0 Å². The number of hydrogen-bond acceptors (Lipinski definition) is 4. The Kier molecular flexibility index (Phi) is 6.21. The molecule has 0 aromatic heterocycles. The van der Waals surface area contributed by atoms with Gasteiger partial charge >= 0.3 is 0 Å². The maximum Gasteiger partial charge on any atom is 0.257 e. The van der Waals surface area contributed by atoms with E-state index in [1.807, 2.05) is 19.1 Å². The molecule has 2 amide bonds. The summed E-state index contributed by atoms with van der Waals surface area (Å²) in [7, 11) is 0. The lowest BCUT2D eigenvalue weighted by atomic mass is 10.3. The maximum absolute atomic E-state index is 11.7. The molecule has 0 bridgehead atoms. The summed E-state index contributed by atoms with van der Waals surface area (Å²) < 4.78 is 5.49. The van der Waals surface area contributed by atoms with Gasteiger partial charge in [0.1, 0.15) is 5.75 Å². The summed E-state index contributed by atoms with van der Waals surface area (Å²) in [4.78, 5) is 25.1. The van der Waals surface area contributed by atoms with E-state index in [-0.39, 0.29) is 18.4 Å². The molecule has 0 atom stereocenters. The summed E-state index contributed by atoms with van der Waals surface area (Å²) in [5.41, 5.74) is 0.826. The van der Waals surface area contributed by atoms with E-state index in [0.717, 1.165) is 31.7 Å². The van der Waals surface area contributed by atoms with Crippen molar-refractivity contribution in [2.24, 2.45) is 0 Å². The predicted molar refractivity (Wildman–Crippen MR) is 85.1 cm³/mol. The Hall–Kier alpha value is -2.08. The van der Waals surface area contributed by atoms with Gasteiger partial charge in [-0.05, 0) is 25.1 Å². The fourth-order valence-corrected chi connectivity index (χ4v) is 2.33. The van der Waals surface area contributed by atoms with Crippen LogP contribution >= 0.6 is 0 Å². The topological polar surface area (TPSA) is 70.7 Å². The van der Waals surface area contributed by atoms with Gasteiger partial charge in [0.25, 0.3) is 5.91 Å². The van der Waals surface area contributed by atoms with Crippen LogP contribution in [-0.2, 0) is 9.59 Å². The fourth-order valence-electron chi connectivity index (χ4n) is 2.33. The normalized spacial score (nSPS) is 14.2. The molecule has 120 valence electrons. The molecule has 2 N–H and O–H groups in total. The first-order valence-electron chi connectivity index (χ1n) is 7.71. The summed E-state index contributed by atoms with van der Waals surface area (Å²) in [5.74, 6) is 0.581. The Balaban J connectivity index is 1.80. The van der Waals surface area contributed by atoms with Crippen LogP contribution in [-0.4, -0.2) is 44.6 Å². The van der Waals surface area contributed by atoms with E-state index in [1.54, 1.807) is 17.0 Å². The zero-order valence-corrected chi connectivity index (χ0v) is 12.9. The standard InChI is InChI=1S/C16H23N3O3/c1-2-17-8-9-18-15(20)12-22-14-6-3-5-13(11-14)19-10-4-7-16(19)21/h3,5-6,11,17H,2,4,7-10,12H2,1H3,(H,18,20). The number of carbonyl (C=O) groups excluding carboxylic acids is 2. The van der Waals surface area contributed by atoms with Crippen LogP contribution in [0.5, 0.6) is 5.75 Å². The lowest BCUT2D eigenvalue weighted by Gasteiger charge is -2.16. The van der Waals surface area contributed by atoms with Crippen LogP contribution in [0.3, 0.4) is 0 Å². The number of hydrogen-bond donors (Lipinski definition) is 2. The second-order valence-electron chi connectivity index (χ2n) is 5.14. The maximum atomic E-state index is 11.7. The van der Waals surface area contributed by atoms with Crippen molar-refractivity contribution in [1.29, 1.82) is 0 Å². The third-order valence-corrected chi connectivity index (χ3v) is 3.45. The molecule has 1 aliphatic heterocycles. The predicted octanol–water partition coefficient (Wildman–Crippen LogP) is 0.918. The van der Waals surface area contributed by atoms with Crippen molar-refractivity contribution < 1.29 is 14.3 Å². The smallest absolute Gasteiger partial charge is 0.257 e. The number of carbonyl (C=O) groups is 2. The molecule has 0 spiro atoms. The fraction of sp³-hybridized carbons (Fsp3) is 0.500. The highest BCUT2D eigenvalue weighted by Gasteiger charge is 2.21. The number of likely N-dealkylation sites (N-methyl/N-ethyl adjacent to an activating group) is 1. The Morgan fingerprint density at radius 1 is 1.36 bits per heavy atom. The first kappa shape index (κ1) is 16.3. The average molecular weight is 305 g/mol. The van der Waals surface area contributed by atoms with Crippen molar-refractivity contribution in [1.82, 2.24) is 10.6 Å². The molecule has 2 rings (SSSR count). The van der Waals surface area contributed by atoms with Crippen LogP contribution in [0.15, 0.2) is 24.3 Å². The SMILES string of the molecule is CCNCCNC(=O)COc1cccc(N2CCCC2=O)c1. The molecule has 1 saturated heterocycles. The molecule has 1 fully saturated rings. The highest BCUT2D eigenvalue weighted by atomic mass is 16.5. The van der Waals surface area contributed by atoms with Crippen molar-refractivity contribution in [3.05, 3.63) is 24.3 Å². The van der Waals surface area contributed by atoms with Crippen LogP contribution in [0.25, 0.3) is 0 Å². The molecule has 0 aliphatic carbocycles. The number of ether oxygens (including phenoxy) is 1. The summed E-state index contributed by atoms with van der Waals surface area (Å²) in [6, 6.07) is 7.30. The van der Waals surface area contributed by atoms with Gasteiger partial charge in [-0.1, -0.05) is 13.0 Å². The van der Waals surface area contributed by atoms with Crippen LogP contribution in [0.1, 0.15) is 19.8 Å². The monoisotopic (exact) mass is 305 g/mol. The molecule has 1 aromatic rings. The van der Waals surface area contributed by atoms with Gasteiger partial charge in [-0.2, -0.15) is 0 Å². The Morgan fingerprint density at radius 2 is 2.23 bits per heavy atom. The Morgan fingerprint density at radius 3 is 2.95 bits per heavy atom. The summed E-state index contributed by atoms with van der Waals surface area (Å²) in [5, 5.41) is 5.90. The van der Waals surface area contributed by atoms with Crippen LogP contribution in [0, 0.1) is 0 Å². The number of benzene rings is 1. The molecule has 22 heavy (non-hydrogen) atoms. The van der Waals surface area contributed by atoms with Crippen LogP contribution in [0.4, 0.5) is 5.69 Å². The Bertz CT molecular complexity index is 519. The van der Waals surface area contributed by atoms with Gasteiger partial charge in [0.2, 0.25) is 5.91 Å². The third-order valence-electron chi connectivity index (χ3n) is 3.45. The van der Waals surface area contributed by atoms with Gasteiger partial charge in [-0.25, -0.2) is 0 Å². The number of rotatable bonds is 8. The number of amides is 2. The number of nitrogens with zero attached hydrogens (tertiary/aromatic N) is 1. The molecule has 6 nitrogen and oxygen atoms in total. The van der Waals surface area contributed by atoms with Crippen molar-refractivity contribution in [2.75, 3.05) is 37.7 Å². The van der Waals surface area contributed by atoms with E-state index in [2.05, 4.69) is 10.6 Å². The molecular weight excluding hydrogens is 282 g/mol. The van der Waals surface area contributed by atoms with E-state index >= 15 is 0 Å². The van der Waals surface area contributed by atoms with Crippen LogP contribution in [0.2, 0.25) is 0 Å². The molecule has 1 aromatic carbocycles. The van der Waals surface area contributed by atoms with Gasteiger partial charge in [0.15, 0.2) is 6.61 Å². The second kappa shape index (κ2) is 8.38. The van der Waals surface area contributed by atoms with Crippen molar-refractivity contribution in [3.63, 3.8) is 0 Å². The van der Waals surface area contributed by atoms with Gasteiger partial charge in [0, 0.05) is 37.8 Å². The molecule has 0 unspecified atom stereocenters.